The number of nitrogens with zero attached hydrogens (tertiary/aromatic N) is 3. The lowest BCUT2D eigenvalue weighted by Crippen LogP contribution is -2.31. The van der Waals surface area contributed by atoms with Crippen molar-refractivity contribution in [1.82, 2.24) is 10.2 Å². The van der Waals surface area contributed by atoms with Crippen molar-refractivity contribution < 1.29 is 9.53 Å². The van der Waals surface area contributed by atoms with E-state index in [4.69, 9.17) is 4.74 Å². The quantitative estimate of drug-likeness (QED) is 0.645. The van der Waals surface area contributed by atoms with E-state index in [1.54, 1.807) is 13.2 Å². The minimum atomic E-state index is -0.327. The molecule has 0 bridgehead atoms. The molecule has 0 saturated carbocycles. The number of carbonyl (C=O) groups is 1. The summed E-state index contributed by atoms with van der Waals surface area (Å²) in [5, 5.41) is 11.3. The Kier molecular flexibility index (Phi) is 6.44. The maximum atomic E-state index is 12.6. The Hall–Kier alpha value is -3.41. The Morgan fingerprint density at radius 2 is 1.83 bits per heavy atom. The van der Waals surface area contributed by atoms with E-state index < -0.39 is 0 Å². The average Bonchev–Trinajstić information content (AvgIpc) is 2.73. The number of methoxy groups -OCH3 is 1. The highest BCUT2D eigenvalue weighted by molar-refractivity contribution is 6.03. The molecule has 3 aromatic rings. The van der Waals surface area contributed by atoms with E-state index in [9.17, 15) is 4.79 Å². The molecule has 0 radical (unpaired) electrons. The number of anilines is 2. The van der Waals surface area contributed by atoms with Crippen LogP contribution in [0.15, 0.2) is 60.7 Å². The van der Waals surface area contributed by atoms with Crippen molar-refractivity contribution in [3.8, 4) is 5.75 Å². The van der Waals surface area contributed by atoms with Gasteiger partial charge in [-0.3, -0.25) is 4.79 Å². The Morgan fingerprint density at radius 1 is 1.07 bits per heavy atom. The molecule has 2 aromatic carbocycles. The summed E-state index contributed by atoms with van der Waals surface area (Å²) in [5.74, 6) is 1.00. The summed E-state index contributed by atoms with van der Waals surface area (Å²) in [5.41, 5.74) is 3.07. The van der Waals surface area contributed by atoms with Crippen LogP contribution >= 0.6 is 0 Å². The molecule has 0 unspecified atom stereocenters. The molecular weight excluding hydrogens is 364 g/mol. The van der Waals surface area contributed by atoms with Crippen LogP contribution in [0.5, 0.6) is 5.75 Å². The van der Waals surface area contributed by atoms with Gasteiger partial charge in [0.05, 0.1) is 12.8 Å². The van der Waals surface area contributed by atoms with Crippen LogP contribution in [-0.2, 0) is 6.54 Å². The molecule has 0 saturated heterocycles. The smallest absolute Gasteiger partial charge is 0.276 e. The first-order valence-electron chi connectivity index (χ1n) is 9.58. The molecule has 6 nitrogen and oxygen atoms in total. The van der Waals surface area contributed by atoms with Gasteiger partial charge in [-0.1, -0.05) is 36.4 Å². The maximum absolute atomic E-state index is 12.6. The highest BCUT2D eigenvalue weighted by Gasteiger charge is 2.16. The standard InChI is InChI=1S/C23H26N4O2/c1-16(2)27(15-18-8-6-5-7-9-18)22-13-11-19(25-26-22)23(28)24-20-14-17(3)10-12-21(20)29-4/h5-14,16H,15H2,1-4H3,(H,24,28). The average molecular weight is 390 g/mol. The van der Waals surface area contributed by atoms with Crippen molar-refractivity contribution in [1.29, 1.82) is 0 Å². The number of nitrogens with one attached hydrogen (secondary N) is 1. The van der Waals surface area contributed by atoms with Gasteiger partial charge >= 0.3 is 0 Å². The Balaban J connectivity index is 1.76. The molecule has 1 amide bonds. The number of aryl methyl sites for hydroxylation is 1. The van der Waals surface area contributed by atoms with E-state index in [2.05, 4.69) is 46.4 Å². The minimum absolute atomic E-state index is 0.237. The summed E-state index contributed by atoms with van der Waals surface area (Å²) in [6.07, 6.45) is 0. The number of amides is 1. The monoisotopic (exact) mass is 390 g/mol. The van der Waals surface area contributed by atoms with Gasteiger partial charge in [0.1, 0.15) is 5.75 Å². The molecule has 0 aliphatic heterocycles. The van der Waals surface area contributed by atoms with Crippen molar-refractivity contribution in [3.63, 3.8) is 0 Å². The summed E-state index contributed by atoms with van der Waals surface area (Å²) in [4.78, 5) is 14.8. The zero-order valence-corrected chi connectivity index (χ0v) is 17.2. The fourth-order valence-corrected chi connectivity index (χ4v) is 3.01. The van der Waals surface area contributed by atoms with Crippen LogP contribution in [0, 0.1) is 6.92 Å². The molecule has 29 heavy (non-hydrogen) atoms. The third kappa shape index (κ3) is 5.10. The second kappa shape index (κ2) is 9.19. The minimum Gasteiger partial charge on any atom is -0.495 e. The van der Waals surface area contributed by atoms with Gasteiger partial charge in [-0.25, -0.2) is 0 Å². The third-order valence-electron chi connectivity index (χ3n) is 4.60. The van der Waals surface area contributed by atoms with Gasteiger partial charge in [-0.05, 0) is 56.2 Å². The number of hydrogen-bond acceptors (Lipinski definition) is 5. The molecule has 0 aliphatic rings. The lowest BCUT2D eigenvalue weighted by molar-refractivity contribution is 0.102. The molecule has 0 spiro atoms. The SMILES string of the molecule is COc1ccc(C)cc1NC(=O)c1ccc(N(Cc2ccccc2)C(C)C)nn1. The van der Waals surface area contributed by atoms with E-state index in [1.165, 1.54) is 5.56 Å². The lowest BCUT2D eigenvalue weighted by Gasteiger charge is -2.27. The largest absolute Gasteiger partial charge is 0.495 e. The normalized spacial score (nSPS) is 10.7. The molecule has 150 valence electrons. The summed E-state index contributed by atoms with van der Waals surface area (Å²) in [6, 6.07) is 19.6. The third-order valence-corrected chi connectivity index (χ3v) is 4.60. The van der Waals surface area contributed by atoms with E-state index >= 15 is 0 Å². The van der Waals surface area contributed by atoms with Crippen LogP contribution in [0.3, 0.4) is 0 Å². The predicted molar refractivity (Wildman–Crippen MR) is 115 cm³/mol. The molecule has 0 aliphatic carbocycles. The van der Waals surface area contributed by atoms with Crippen LogP contribution in [0.25, 0.3) is 0 Å². The highest BCUT2D eigenvalue weighted by atomic mass is 16.5. The summed E-state index contributed by atoms with van der Waals surface area (Å²) in [7, 11) is 1.57. The summed E-state index contributed by atoms with van der Waals surface area (Å²) in [6.45, 7) is 6.89. The Bertz CT molecular complexity index is 956. The van der Waals surface area contributed by atoms with Crippen molar-refractivity contribution in [2.45, 2.75) is 33.4 Å². The highest BCUT2D eigenvalue weighted by Crippen LogP contribution is 2.25. The molecule has 1 heterocycles. The van der Waals surface area contributed by atoms with Gasteiger partial charge in [0, 0.05) is 12.6 Å². The van der Waals surface area contributed by atoms with E-state index in [0.717, 1.165) is 17.9 Å². The first kappa shape index (κ1) is 20.3. The van der Waals surface area contributed by atoms with Crippen LogP contribution in [-0.4, -0.2) is 29.3 Å². The van der Waals surface area contributed by atoms with Crippen molar-refractivity contribution in [2.75, 3.05) is 17.3 Å². The number of ether oxygens (including phenoxy) is 1. The molecule has 0 fully saturated rings. The first-order chi connectivity index (χ1) is 14.0. The fraction of sp³-hybridized carbons (Fsp3) is 0.261. The molecule has 0 atom stereocenters. The van der Waals surface area contributed by atoms with Crippen LogP contribution in [0.4, 0.5) is 11.5 Å². The van der Waals surface area contributed by atoms with E-state index in [0.29, 0.717) is 11.4 Å². The Labute approximate surface area is 171 Å². The van der Waals surface area contributed by atoms with Crippen molar-refractivity contribution >= 4 is 17.4 Å². The van der Waals surface area contributed by atoms with Crippen molar-refractivity contribution in [2.24, 2.45) is 0 Å². The fourth-order valence-electron chi connectivity index (χ4n) is 3.01. The molecule has 1 N–H and O–H groups in total. The van der Waals surface area contributed by atoms with Crippen LogP contribution in [0.2, 0.25) is 0 Å². The number of aromatic nitrogens is 2. The second-order valence-electron chi connectivity index (χ2n) is 7.14. The summed E-state index contributed by atoms with van der Waals surface area (Å²) < 4.78 is 5.31. The second-order valence-corrected chi connectivity index (χ2v) is 7.14. The number of carbonyl (C=O) groups excluding carboxylic acids is 1. The van der Waals surface area contributed by atoms with Gasteiger partial charge in [0.2, 0.25) is 0 Å². The molecule has 1 aromatic heterocycles. The van der Waals surface area contributed by atoms with E-state index in [-0.39, 0.29) is 17.6 Å². The number of rotatable bonds is 7. The first-order valence-corrected chi connectivity index (χ1v) is 9.58. The van der Waals surface area contributed by atoms with Crippen LogP contribution in [0.1, 0.15) is 35.5 Å². The zero-order valence-electron chi connectivity index (χ0n) is 17.2. The van der Waals surface area contributed by atoms with Gasteiger partial charge in [0.15, 0.2) is 11.5 Å². The predicted octanol–water partition coefficient (Wildman–Crippen LogP) is 4.46. The summed E-state index contributed by atoms with van der Waals surface area (Å²) >= 11 is 0. The van der Waals surface area contributed by atoms with Gasteiger partial charge in [-0.15, -0.1) is 10.2 Å². The van der Waals surface area contributed by atoms with Gasteiger partial charge < -0.3 is 15.0 Å². The van der Waals surface area contributed by atoms with Crippen LogP contribution < -0.4 is 15.0 Å². The lowest BCUT2D eigenvalue weighted by atomic mass is 10.2. The molecular formula is C23H26N4O2. The molecule has 3 rings (SSSR count). The number of hydrogen-bond donors (Lipinski definition) is 1. The molecule has 6 heteroatoms. The zero-order chi connectivity index (χ0) is 20.8. The Morgan fingerprint density at radius 3 is 2.45 bits per heavy atom. The maximum Gasteiger partial charge on any atom is 0.276 e. The van der Waals surface area contributed by atoms with E-state index in [1.807, 2.05) is 49.4 Å². The topological polar surface area (TPSA) is 67.3 Å². The van der Waals surface area contributed by atoms with Gasteiger partial charge in [0.25, 0.3) is 5.91 Å². The number of benzene rings is 2. The van der Waals surface area contributed by atoms with Crippen molar-refractivity contribution in [3.05, 3.63) is 77.5 Å². The van der Waals surface area contributed by atoms with Gasteiger partial charge in [-0.2, -0.15) is 0 Å².